The monoisotopic (exact) mass is 208 g/mol. The molecule has 0 aliphatic rings. The molecule has 4 nitrogen and oxygen atoms in total. The molecule has 0 bridgehead atoms. The molecule has 1 aromatic rings. The molecule has 0 aliphatic heterocycles. The van der Waals surface area contributed by atoms with Gasteiger partial charge in [0.05, 0.1) is 6.20 Å². The zero-order valence-corrected chi connectivity index (χ0v) is 9.39. The van der Waals surface area contributed by atoms with Crippen molar-refractivity contribution >= 4 is 0 Å². The second-order valence-electron chi connectivity index (χ2n) is 3.74. The van der Waals surface area contributed by atoms with Gasteiger partial charge in [0, 0.05) is 18.8 Å². The summed E-state index contributed by atoms with van der Waals surface area (Å²) in [6, 6.07) is 0.568. The maximum Gasteiger partial charge on any atom is 0.0692 e. The maximum absolute atomic E-state index is 3.91. The summed E-state index contributed by atoms with van der Waals surface area (Å²) in [6.07, 6.45) is 8.89. The third kappa shape index (κ3) is 5.32. The van der Waals surface area contributed by atoms with Crippen LogP contribution in [-0.2, 0) is 6.54 Å². The lowest BCUT2D eigenvalue weighted by Gasteiger charge is -2.12. The van der Waals surface area contributed by atoms with Gasteiger partial charge in [-0.25, -0.2) is 0 Å². The van der Waals surface area contributed by atoms with E-state index in [1.165, 1.54) is 0 Å². The van der Waals surface area contributed by atoms with Crippen molar-refractivity contribution in [3.8, 4) is 0 Å². The summed E-state index contributed by atoms with van der Waals surface area (Å²) in [6.45, 7) is 7.88. The van der Waals surface area contributed by atoms with Crippen LogP contribution < -0.4 is 5.32 Å². The van der Waals surface area contributed by atoms with Crippen molar-refractivity contribution in [3.63, 3.8) is 0 Å². The minimum atomic E-state index is 0.568. The van der Waals surface area contributed by atoms with Crippen LogP contribution in [0.1, 0.15) is 26.2 Å². The molecule has 0 saturated carbocycles. The predicted octanol–water partition coefficient (Wildman–Crippen LogP) is 1.61. The van der Waals surface area contributed by atoms with Crippen molar-refractivity contribution in [1.29, 1.82) is 0 Å². The third-order valence-electron chi connectivity index (χ3n) is 2.33. The van der Waals surface area contributed by atoms with E-state index in [0.717, 1.165) is 32.4 Å². The topological polar surface area (TPSA) is 42.7 Å². The van der Waals surface area contributed by atoms with Gasteiger partial charge in [-0.1, -0.05) is 11.3 Å². The second-order valence-corrected chi connectivity index (χ2v) is 3.74. The molecule has 1 aromatic heterocycles. The van der Waals surface area contributed by atoms with E-state index in [0.29, 0.717) is 6.04 Å². The Labute approximate surface area is 91.4 Å². The van der Waals surface area contributed by atoms with E-state index in [2.05, 4.69) is 29.1 Å². The Morgan fingerprint density at radius 2 is 2.47 bits per heavy atom. The maximum atomic E-state index is 3.91. The van der Waals surface area contributed by atoms with Crippen LogP contribution in [-0.4, -0.2) is 27.6 Å². The number of hydrogen-bond donors (Lipinski definition) is 1. The molecule has 0 aliphatic carbocycles. The van der Waals surface area contributed by atoms with Crippen LogP contribution in [0.2, 0.25) is 0 Å². The van der Waals surface area contributed by atoms with Crippen LogP contribution in [0, 0.1) is 0 Å². The molecule has 0 radical (unpaired) electrons. The Balaban J connectivity index is 1.99. The van der Waals surface area contributed by atoms with Crippen LogP contribution in [0.4, 0.5) is 0 Å². The van der Waals surface area contributed by atoms with Gasteiger partial charge in [-0.15, -0.1) is 11.7 Å². The highest BCUT2D eigenvalue weighted by Crippen LogP contribution is 1.96. The average molecular weight is 208 g/mol. The predicted molar refractivity (Wildman–Crippen MR) is 61.5 cm³/mol. The molecule has 0 amide bonds. The number of aryl methyl sites for hydroxylation is 1. The van der Waals surface area contributed by atoms with Gasteiger partial charge in [0.2, 0.25) is 0 Å². The second kappa shape index (κ2) is 7.17. The van der Waals surface area contributed by atoms with Crippen molar-refractivity contribution < 1.29 is 0 Å². The number of rotatable bonds is 8. The Hall–Kier alpha value is -1.16. The molecule has 0 aromatic carbocycles. The van der Waals surface area contributed by atoms with E-state index in [1.807, 2.05) is 17.0 Å². The number of allylic oxidation sites excluding steroid dienone is 1. The standard InChI is InChI=1S/C11H20N4/c1-3-4-6-11(2)12-7-5-9-15-10-8-13-14-15/h3,8,10-12H,1,4-7,9H2,2H3. The Morgan fingerprint density at radius 1 is 1.60 bits per heavy atom. The van der Waals surface area contributed by atoms with E-state index in [1.54, 1.807) is 6.20 Å². The van der Waals surface area contributed by atoms with Crippen molar-refractivity contribution in [2.75, 3.05) is 6.54 Å². The summed E-state index contributed by atoms with van der Waals surface area (Å²) in [5.74, 6) is 0. The van der Waals surface area contributed by atoms with Crippen LogP contribution in [0.15, 0.2) is 25.0 Å². The van der Waals surface area contributed by atoms with Crippen LogP contribution in [0.3, 0.4) is 0 Å². The van der Waals surface area contributed by atoms with E-state index in [9.17, 15) is 0 Å². The Bertz CT molecular complexity index is 256. The van der Waals surface area contributed by atoms with Gasteiger partial charge in [-0.3, -0.25) is 4.68 Å². The van der Waals surface area contributed by atoms with Gasteiger partial charge in [-0.05, 0) is 32.7 Å². The van der Waals surface area contributed by atoms with Crippen molar-refractivity contribution in [1.82, 2.24) is 20.3 Å². The van der Waals surface area contributed by atoms with E-state index in [4.69, 9.17) is 0 Å². The number of hydrogen-bond acceptors (Lipinski definition) is 3. The molecule has 1 rings (SSSR count). The molecule has 0 spiro atoms. The van der Waals surface area contributed by atoms with Gasteiger partial charge in [0.1, 0.15) is 0 Å². The minimum Gasteiger partial charge on any atom is -0.314 e. The summed E-state index contributed by atoms with van der Waals surface area (Å²) in [7, 11) is 0. The lowest BCUT2D eigenvalue weighted by atomic mass is 10.2. The van der Waals surface area contributed by atoms with E-state index in [-0.39, 0.29) is 0 Å². The summed E-state index contributed by atoms with van der Waals surface area (Å²) in [4.78, 5) is 0. The minimum absolute atomic E-state index is 0.568. The number of nitrogens with zero attached hydrogens (tertiary/aromatic N) is 3. The first kappa shape index (κ1) is 11.9. The summed E-state index contributed by atoms with van der Waals surface area (Å²) < 4.78 is 1.86. The molecular weight excluding hydrogens is 188 g/mol. The smallest absolute Gasteiger partial charge is 0.0692 e. The summed E-state index contributed by atoms with van der Waals surface area (Å²) in [5.41, 5.74) is 0. The molecule has 84 valence electrons. The fraction of sp³-hybridized carbons (Fsp3) is 0.636. The van der Waals surface area contributed by atoms with E-state index < -0.39 is 0 Å². The van der Waals surface area contributed by atoms with Crippen LogP contribution in [0.5, 0.6) is 0 Å². The van der Waals surface area contributed by atoms with Crippen LogP contribution in [0.25, 0.3) is 0 Å². The van der Waals surface area contributed by atoms with Crippen molar-refractivity contribution in [2.24, 2.45) is 0 Å². The molecule has 1 N–H and O–H groups in total. The molecule has 1 unspecified atom stereocenters. The SMILES string of the molecule is C=CCCC(C)NCCCn1ccnn1. The number of aromatic nitrogens is 3. The van der Waals surface area contributed by atoms with E-state index >= 15 is 0 Å². The van der Waals surface area contributed by atoms with Gasteiger partial charge in [0.25, 0.3) is 0 Å². The lowest BCUT2D eigenvalue weighted by molar-refractivity contribution is 0.476. The quantitative estimate of drug-likeness (QED) is 0.521. The summed E-state index contributed by atoms with van der Waals surface area (Å²) in [5, 5.41) is 11.1. The zero-order valence-electron chi connectivity index (χ0n) is 9.39. The molecule has 15 heavy (non-hydrogen) atoms. The summed E-state index contributed by atoms with van der Waals surface area (Å²) >= 11 is 0. The Morgan fingerprint density at radius 3 is 3.13 bits per heavy atom. The molecule has 1 heterocycles. The normalized spacial score (nSPS) is 12.6. The number of nitrogens with one attached hydrogen (secondary N) is 1. The Kier molecular flexibility index (Phi) is 5.70. The highest BCUT2D eigenvalue weighted by atomic mass is 15.4. The highest BCUT2D eigenvalue weighted by Gasteiger charge is 1.98. The molecule has 4 heteroatoms. The van der Waals surface area contributed by atoms with Gasteiger partial charge < -0.3 is 5.32 Å². The van der Waals surface area contributed by atoms with Crippen molar-refractivity contribution in [2.45, 2.75) is 38.8 Å². The van der Waals surface area contributed by atoms with Crippen LogP contribution >= 0.6 is 0 Å². The largest absolute Gasteiger partial charge is 0.314 e. The highest BCUT2D eigenvalue weighted by molar-refractivity contribution is 4.71. The van der Waals surface area contributed by atoms with Gasteiger partial charge in [-0.2, -0.15) is 0 Å². The fourth-order valence-electron chi connectivity index (χ4n) is 1.41. The first-order chi connectivity index (χ1) is 7.33. The van der Waals surface area contributed by atoms with Gasteiger partial charge in [0.15, 0.2) is 0 Å². The zero-order chi connectivity index (χ0) is 10.9. The molecule has 0 fully saturated rings. The third-order valence-corrected chi connectivity index (χ3v) is 2.33. The molecular formula is C11H20N4. The first-order valence-electron chi connectivity index (χ1n) is 5.51. The fourth-order valence-corrected chi connectivity index (χ4v) is 1.41. The van der Waals surface area contributed by atoms with Gasteiger partial charge >= 0.3 is 0 Å². The first-order valence-corrected chi connectivity index (χ1v) is 5.51. The lowest BCUT2D eigenvalue weighted by Crippen LogP contribution is -2.27. The molecule has 0 saturated heterocycles. The van der Waals surface area contributed by atoms with Crippen molar-refractivity contribution in [3.05, 3.63) is 25.0 Å². The average Bonchev–Trinajstić information content (AvgIpc) is 2.74. The molecule has 1 atom stereocenters.